The molecule has 1 heterocycles. The van der Waals surface area contributed by atoms with Gasteiger partial charge in [-0.3, -0.25) is 0 Å². The average molecular weight is 277 g/mol. The zero-order chi connectivity index (χ0) is 11.2. The number of nitriles is 1. The molecule has 1 aliphatic carbocycles. The molecule has 0 radical (unpaired) electrons. The van der Waals surface area contributed by atoms with Gasteiger partial charge in [0.05, 0.1) is 11.3 Å². The van der Waals surface area contributed by atoms with E-state index in [4.69, 9.17) is 5.26 Å². The lowest BCUT2D eigenvalue weighted by Gasteiger charge is -2.57. The number of nitrogens with zero attached hydrogens (tertiary/aromatic N) is 2. The molecule has 82 valence electrons. The highest BCUT2D eigenvalue weighted by Gasteiger charge is 2.47. The van der Waals surface area contributed by atoms with Crippen LogP contribution in [0.5, 0.6) is 0 Å². The summed E-state index contributed by atoms with van der Waals surface area (Å²) in [5.41, 5.74) is 2.49. The molecule has 2 aliphatic rings. The lowest BCUT2D eigenvalue weighted by Crippen LogP contribution is -2.60. The van der Waals surface area contributed by atoms with Crippen molar-refractivity contribution in [3.8, 4) is 6.07 Å². The Kier molecular flexibility index (Phi) is 2.22. The number of halogens is 1. The van der Waals surface area contributed by atoms with Gasteiger partial charge >= 0.3 is 0 Å². The first-order chi connectivity index (χ1) is 7.72. The Morgan fingerprint density at radius 1 is 1.31 bits per heavy atom. The van der Waals surface area contributed by atoms with Crippen molar-refractivity contribution in [2.24, 2.45) is 5.41 Å². The minimum Gasteiger partial charge on any atom is -0.369 e. The van der Waals surface area contributed by atoms with Crippen molar-refractivity contribution >= 4 is 21.6 Å². The molecule has 1 aliphatic heterocycles. The zero-order valence-electron chi connectivity index (χ0n) is 9.04. The Labute approximate surface area is 104 Å². The van der Waals surface area contributed by atoms with Crippen LogP contribution in [0.3, 0.4) is 0 Å². The first-order valence-corrected chi connectivity index (χ1v) is 6.46. The van der Waals surface area contributed by atoms with Crippen LogP contribution >= 0.6 is 15.9 Å². The van der Waals surface area contributed by atoms with Crippen molar-refractivity contribution < 1.29 is 0 Å². The van der Waals surface area contributed by atoms with Gasteiger partial charge in [0, 0.05) is 23.0 Å². The Hall–Kier alpha value is -1.01. The highest BCUT2D eigenvalue weighted by atomic mass is 79.9. The van der Waals surface area contributed by atoms with Gasteiger partial charge in [-0.15, -0.1) is 0 Å². The second kappa shape index (κ2) is 3.49. The minimum absolute atomic E-state index is 0.606. The molecule has 2 nitrogen and oxygen atoms in total. The summed E-state index contributed by atoms with van der Waals surface area (Å²) in [7, 11) is 0. The molecule has 0 atom stereocenters. The number of hydrogen-bond donors (Lipinski definition) is 0. The van der Waals surface area contributed by atoms with E-state index in [1.165, 1.54) is 19.3 Å². The summed E-state index contributed by atoms with van der Waals surface area (Å²) in [4.78, 5) is 2.34. The van der Waals surface area contributed by atoms with Gasteiger partial charge in [-0.25, -0.2) is 0 Å². The molecular weight excluding hydrogens is 264 g/mol. The molecule has 0 N–H and O–H groups in total. The molecule has 3 rings (SSSR count). The molecular formula is C13H13BrN2. The molecule has 2 fully saturated rings. The Morgan fingerprint density at radius 2 is 2.06 bits per heavy atom. The Balaban J connectivity index is 1.85. The van der Waals surface area contributed by atoms with E-state index >= 15 is 0 Å². The van der Waals surface area contributed by atoms with Crippen LogP contribution in [0.25, 0.3) is 0 Å². The second-order valence-corrected chi connectivity index (χ2v) is 5.90. The van der Waals surface area contributed by atoms with Gasteiger partial charge in [0.25, 0.3) is 0 Å². The Morgan fingerprint density at radius 3 is 2.62 bits per heavy atom. The SMILES string of the molecule is N#Cc1ccc(Br)cc1N1CC2(CCC2)C1. The van der Waals surface area contributed by atoms with Gasteiger partial charge in [-0.2, -0.15) is 5.26 Å². The maximum Gasteiger partial charge on any atom is 0.101 e. The van der Waals surface area contributed by atoms with Crippen LogP contribution in [-0.4, -0.2) is 13.1 Å². The standard InChI is InChI=1S/C13H13BrN2/c14-11-3-2-10(7-15)12(6-11)16-8-13(9-16)4-1-5-13/h2-3,6H,1,4-5,8-9H2. The molecule has 0 unspecified atom stereocenters. The van der Waals surface area contributed by atoms with Gasteiger partial charge in [0.15, 0.2) is 0 Å². The number of rotatable bonds is 1. The summed E-state index contributed by atoms with van der Waals surface area (Å²) in [5, 5.41) is 9.09. The lowest BCUT2D eigenvalue weighted by atomic mass is 9.63. The largest absolute Gasteiger partial charge is 0.369 e. The molecule has 1 aromatic carbocycles. The normalized spacial score (nSPS) is 21.1. The van der Waals surface area contributed by atoms with E-state index in [1.54, 1.807) is 0 Å². The van der Waals surface area contributed by atoms with Gasteiger partial charge < -0.3 is 4.90 Å². The fourth-order valence-corrected chi connectivity index (χ4v) is 3.14. The predicted octanol–water partition coefficient (Wildman–Crippen LogP) is 3.31. The molecule has 0 amide bonds. The van der Waals surface area contributed by atoms with Crippen LogP contribution in [-0.2, 0) is 0 Å². The first kappa shape index (κ1) is 10.2. The highest BCUT2D eigenvalue weighted by molar-refractivity contribution is 9.10. The maximum atomic E-state index is 9.09. The van der Waals surface area contributed by atoms with E-state index < -0.39 is 0 Å². The quantitative estimate of drug-likeness (QED) is 0.787. The van der Waals surface area contributed by atoms with Crippen LogP contribution in [0.4, 0.5) is 5.69 Å². The van der Waals surface area contributed by atoms with E-state index in [2.05, 4.69) is 33.0 Å². The average Bonchev–Trinajstić information content (AvgIpc) is 2.14. The summed E-state index contributed by atoms with van der Waals surface area (Å²) < 4.78 is 1.05. The third kappa shape index (κ3) is 1.44. The minimum atomic E-state index is 0.606. The maximum absolute atomic E-state index is 9.09. The van der Waals surface area contributed by atoms with Crippen LogP contribution in [0.15, 0.2) is 22.7 Å². The van der Waals surface area contributed by atoms with Crippen molar-refractivity contribution in [3.63, 3.8) is 0 Å². The fourth-order valence-electron chi connectivity index (χ4n) is 2.79. The van der Waals surface area contributed by atoms with Gasteiger partial charge in [-0.05, 0) is 31.0 Å². The van der Waals surface area contributed by atoms with E-state index in [9.17, 15) is 0 Å². The van der Waals surface area contributed by atoms with Crippen molar-refractivity contribution in [3.05, 3.63) is 28.2 Å². The summed E-state index contributed by atoms with van der Waals surface area (Å²) in [5.74, 6) is 0. The lowest BCUT2D eigenvalue weighted by molar-refractivity contribution is 0.0903. The monoisotopic (exact) mass is 276 g/mol. The molecule has 3 heteroatoms. The van der Waals surface area contributed by atoms with Gasteiger partial charge in [-0.1, -0.05) is 22.4 Å². The summed E-state index contributed by atoms with van der Waals surface area (Å²) >= 11 is 3.47. The van der Waals surface area contributed by atoms with E-state index in [-0.39, 0.29) is 0 Å². The summed E-state index contributed by atoms with van der Waals surface area (Å²) in [6, 6.07) is 8.16. The van der Waals surface area contributed by atoms with Crippen molar-refractivity contribution in [1.82, 2.24) is 0 Å². The van der Waals surface area contributed by atoms with Crippen molar-refractivity contribution in [1.29, 1.82) is 5.26 Å². The van der Waals surface area contributed by atoms with Gasteiger partial charge in [0.1, 0.15) is 6.07 Å². The van der Waals surface area contributed by atoms with Crippen molar-refractivity contribution in [2.45, 2.75) is 19.3 Å². The predicted molar refractivity (Wildman–Crippen MR) is 67.4 cm³/mol. The first-order valence-electron chi connectivity index (χ1n) is 5.67. The summed E-state index contributed by atoms with van der Waals surface area (Å²) in [6.45, 7) is 2.27. The number of hydrogen-bond acceptors (Lipinski definition) is 2. The molecule has 1 saturated carbocycles. The molecule has 1 aromatic rings. The topological polar surface area (TPSA) is 27.0 Å². The van der Waals surface area contributed by atoms with Crippen molar-refractivity contribution in [2.75, 3.05) is 18.0 Å². The highest BCUT2D eigenvalue weighted by Crippen LogP contribution is 2.50. The molecule has 0 bridgehead atoms. The van der Waals surface area contributed by atoms with Crippen LogP contribution in [0.1, 0.15) is 24.8 Å². The third-order valence-corrected chi connectivity index (χ3v) is 4.38. The smallest absolute Gasteiger partial charge is 0.101 e. The second-order valence-electron chi connectivity index (χ2n) is 4.98. The molecule has 1 spiro atoms. The fraction of sp³-hybridized carbons (Fsp3) is 0.462. The van der Waals surface area contributed by atoms with E-state index in [0.717, 1.165) is 28.8 Å². The molecule has 1 saturated heterocycles. The Bertz CT molecular complexity index is 463. The van der Waals surface area contributed by atoms with E-state index in [0.29, 0.717) is 5.41 Å². The molecule has 0 aromatic heterocycles. The molecule has 16 heavy (non-hydrogen) atoms. The van der Waals surface area contributed by atoms with Crippen LogP contribution < -0.4 is 4.90 Å². The van der Waals surface area contributed by atoms with Crippen LogP contribution in [0, 0.1) is 16.7 Å². The van der Waals surface area contributed by atoms with E-state index in [1.807, 2.05) is 12.1 Å². The number of benzene rings is 1. The zero-order valence-corrected chi connectivity index (χ0v) is 10.6. The van der Waals surface area contributed by atoms with Gasteiger partial charge in [0.2, 0.25) is 0 Å². The van der Waals surface area contributed by atoms with Crippen LogP contribution in [0.2, 0.25) is 0 Å². The third-order valence-electron chi connectivity index (χ3n) is 3.89. The summed E-state index contributed by atoms with van der Waals surface area (Å²) in [6.07, 6.45) is 4.14. The number of anilines is 1.